The van der Waals surface area contributed by atoms with Crippen molar-refractivity contribution in [2.75, 3.05) is 26.1 Å². The Kier molecular flexibility index (Phi) is 7.11. The van der Waals surface area contributed by atoms with E-state index in [4.69, 9.17) is 14.2 Å². The summed E-state index contributed by atoms with van der Waals surface area (Å²) in [5, 5.41) is 6.69. The molecule has 166 valence electrons. The number of imide groups is 2. The zero-order valence-electron chi connectivity index (χ0n) is 17.0. The van der Waals surface area contributed by atoms with Gasteiger partial charge in [0.05, 0.1) is 24.4 Å². The number of ether oxygens (including phenoxy) is 3. The summed E-state index contributed by atoms with van der Waals surface area (Å²) in [5.74, 6) is -1.05. The van der Waals surface area contributed by atoms with Gasteiger partial charge in [-0.3, -0.25) is 25.0 Å². The van der Waals surface area contributed by atoms with Gasteiger partial charge in [-0.05, 0) is 51.8 Å². The number of carbonyl (C=O) groups excluding carboxylic acids is 4. The summed E-state index contributed by atoms with van der Waals surface area (Å²) < 4.78 is 16.6. The van der Waals surface area contributed by atoms with E-state index in [2.05, 4.69) is 21.2 Å². The third kappa shape index (κ3) is 5.24. The minimum atomic E-state index is -0.883. The Morgan fingerprint density at radius 2 is 1.69 bits per heavy atom. The number of methoxy groups -OCH3 is 2. The average Bonchev–Trinajstić information content (AvgIpc) is 2.75. The largest absolute Gasteiger partial charge is 0.495 e. The highest BCUT2D eigenvalue weighted by Crippen LogP contribution is 2.37. The first-order valence-corrected chi connectivity index (χ1v) is 9.93. The second-order valence-electron chi connectivity index (χ2n) is 6.37. The van der Waals surface area contributed by atoms with Gasteiger partial charge in [0.15, 0.2) is 18.1 Å². The predicted octanol–water partition coefficient (Wildman–Crippen LogP) is 2.23. The van der Waals surface area contributed by atoms with Gasteiger partial charge in [0.2, 0.25) is 0 Å². The SMILES string of the molecule is COc1ccccc1NC(=O)COc1c(Br)cc(C=C2C(=O)NC(=O)NC2=O)cc1OC. The fourth-order valence-corrected chi connectivity index (χ4v) is 3.38. The molecule has 0 aliphatic carbocycles. The number of halogens is 1. The van der Waals surface area contributed by atoms with Gasteiger partial charge in [0.25, 0.3) is 17.7 Å². The first-order chi connectivity index (χ1) is 15.3. The van der Waals surface area contributed by atoms with E-state index >= 15 is 0 Å². The van der Waals surface area contributed by atoms with E-state index in [0.29, 0.717) is 21.5 Å². The zero-order valence-corrected chi connectivity index (χ0v) is 18.6. The minimum Gasteiger partial charge on any atom is -0.495 e. The first kappa shape index (κ1) is 22.8. The standard InChI is InChI=1S/C21H18BrN3O7/c1-30-15-6-4-3-5-14(15)23-17(26)10-32-18-13(22)8-11(9-16(18)31-2)7-12-19(27)24-21(29)25-20(12)28/h3-9H,10H2,1-2H3,(H,23,26)(H2,24,25,27,28,29). The van der Waals surface area contributed by atoms with Crippen LogP contribution in [0.1, 0.15) is 5.56 Å². The van der Waals surface area contributed by atoms with Crippen LogP contribution in [0, 0.1) is 0 Å². The topological polar surface area (TPSA) is 132 Å². The molecule has 5 amide bonds. The molecule has 0 aromatic heterocycles. The maximum atomic E-state index is 12.3. The minimum absolute atomic E-state index is 0.247. The van der Waals surface area contributed by atoms with Crippen molar-refractivity contribution in [3.05, 3.63) is 52.0 Å². The van der Waals surface area contributed by atoms with E-state index < -0.39 is 23.8 Å². The molecule has 11 heteroatoms. The summed E-state index contributed by atoms with van der Waals surface area (Å²) in [6, 6.07) is 9.15. The number of para-hydroxylation sites is 2. The van der Waals surface area contributed by atoms with Crippen LogP contribution in [0.15, 0.2) is 46.4 Å². The molecule has 1 saturated heterocycles. The number of hydrogen-bond acceptors (Lipinski definition) is 7. The van der Waals surface area contributed by atoms with Gasteiger partial charge in [-0.2, -0.15) is 0 Å². The molecule has 0 radical (unpaired) electrons. The Morgan fingerprint density at radius 1 is 1.03 bits per heavy atom. The van der Waals surface area contributed by atoms with E-state index in [1.165, 1.54) is 26.4 Å². The van der Waals surface area contributed by atoms with Crippen LogP contribution in [0.25, 0.3) is 6.08 Å². The number of anilines is 1. The third-order valence-corrected chi connectivity index (χ3v) is 4.82. The van der Waals surface area contributed by atoms with Crippen molar-refractivity contribution in [2.24, 2.45) is 0 Å². The molecule has 3 N–H and O–H groups in total. The fraction of sp³-hybridized carbons (Fsp3) is 0.143. The highest BCUT2D eigenvalue weighted by molar-refractivity contribution is 9.10. The highest BCUT2D eigenvalue weighted by atomic mass is 79.9. The van der Waals surface area contributed by atoms with Gasteiger partial charge >= 0.3 is 6.03 Å². The van der Waals surface area contributed by atoms with Crippen LogP contribution in [0.3, 0.4) is 0 Å². The van der Waals surface area contributed by atoms with Gasteiger partial charge in [-0.15, -0.1) is 0 Å². The molecule has 0 saturated carbocycles. The Bertz CT molecular complexity index is 1110. The molecule has 0 bridgehead atoms. The van der Waals surface area contributed by atoms with Crippen molar-refractivity contribution < 1.29 is 33.4 Å². The molecule has 0 atom stereocenters. The van der Waals surface area contributed by atoms with Gasteiger partial charge in [0.1, 0.15) is 11.3 Å². The van der Waals surface area contributed by atoms with Gasteiger partial charge in [0, 0.05) is 0 Å². The summed E-state index contributed by atoms with van der Waals surface area (Å²) in [5.41, 5.74) is 0.678. The maximum Gasteiger partial charge on any atom is 0.328 e. The van der Waals surface area contributed by atoms with Crippen molar-refractivity contribution in [1.29, 1.82) is 0 Å². The zero-order chi connectivity index (χ0) is 23.3. The number of amides is 5. The average molecular weight is 504 g/mol. The van der Waals surface area contributed by atoms with Crippen LogP contribution in [0.4, 0.5) is 10.5 Å². The Balaban J connectivity index is 1.76. The van der Waals surface area contributed by atoms with E-state index in [-0.39, 0.29) is 23.7 Å². The van der Waals surface area contributed by atoms with Gasteiger partial charge in [-0.1, -0.05) is 12.1 Å². The lowest BCUT2D eigenvalue weighted by Crippen LogP contribution is -2.51. The van der Waals surface area contributed by atoms with Crippen LogP contribution in [0.5, 0.6) is 17.2 Å². The van der Waals surface area contributed by atoms with Crippen LogP contribution >= 0.6 is 15.9 Å². The Morgan fingerprint density at radius 3 is 2.34 bits per heavy atom. The molecule has 0 unspecified atom stereocenters. The molecule has 0 spiro atoms. The molecular weight excluding hydrogens is 486 g/mol. The summed E-state index contributed by atoms with van der Waals surface area (Å²) in [6.07, 6.45) is 1.29. The number of carbonyl (C=O) groups is 4. The molecule has 32 heavy (non-hydrogen) atoms. The molecule has 1 aliphatic rings. The number of urea groups is 1. The van der Waals surface area contributed by atoms with Gasteiger partial charge < -0.3 is 19.5 Å². The molecule has 1 heterocycles. The highest BCUT2D eigenvalue weighted by Gasteiger charge is 2.28. The molecule has 3 rings (SSSR count). The van der Waals surface area contributed by atoms with Crippen molar-refractivity contribution in [1.82, 2.24) is 10.6 Å². The van der Waals surface area contributed by atoms with Crippen molar-refractivity contribution in [3.63, 3.8) is 0 Å². The Labute approximate surface area is 191 Å². The lowest BCUT2D eigenvalue weighted by Gasteiger charge is -2.16. The van der Waals surface area contributed by atoms with Crippen molar-refractivity contribution in [2.45, 2.75) is 0 Å². The number of benzene rings is 2. The molecule has 1 aliphatic heterocycles. The van der Waals surface area contributed by atoms with Crippen molar-refractivity contribution in [3.8, 4) is 17.2 Å². The molecule has 1 fully saturated rings. The lowest BCUT2D eigenvalue weighted by atomic mass is 10.1. The number of barbiturate groups is 1. The monoisotopic (exact) mass is 503 g/mol. The number of hydrogen-bond donors (Lipinski definition) is 3. The van der Waals surface area contributed by atoms with E-state index in [0.717, 1.165) is 0 Å². The lowest BCUT2D eigenvalue weighted by molar-refractivity contribution is -0.124. The number of rotatable bonds is 7. The normalized spacial score (nSPS) is 13.1. The number of nitrogens with one attached hydrogen (secondary N) is 3. The maximum absolute atomic E-state index is 12.3. The molecule has 2 aromatic rings. The summed E-state index contributed by atoms with van der Waals surface area (Å²) in [7, 11) is 2.90. The van der Waals surface area contributed by atoms with E-state index in [9.17, 15) is 19.2 Å². The van der Waals surface area contributed by atoms with Gasteiger partial charge in [-0.25, -0.2) is 4.79 Å². The summed E-state index contributed by atoms with van der Waals surface area (Å²) in [4.78, 5) is 47.3. The van der Waals surface area contributed by atoms with Crippen molar-refractivity contribution >= 4 is 51.4 Å². The Hall–Kier alpha value is -3.86. The first-order valence-electron chi connectivity index (χ1n) is 9.14. The smallest absolute Gasteiger partial charge is 0.328 e. The predicted molar refractivity (Wildman–Crippen MR) is 117 cm³/mol. The van der Waals surface area contributed by atoms with Crippen LogP contribution in [-0.2, 0) is 14.4 Å². The van der Waals surface area contributed by atoms with E-state index in [1.54, 1.807) is 30.3 Å². The molecule has 2 aromatic carbocycles. The van der Waals surface area contributed by atoms with Crippen LogP contribution in [-0.4, -0.2) is 44.6 Å². The quantitative estimate of drug-likeness (QED) is 0.389. The van der Waals surface area contributed by atoms with Crippen LogP contribution < -0.4 is 30.2 Å². The van der Waals surface area contributed by atoms with Crippen LogP contribution in [0.2, 0.25) is 0 Å². The summed E-state index contributed by atoms with van der Waals surface area (Å²) >= 11 is 3.34. The second kappa shape index (κ2) is 9.96. The second-order valence-corrected chi connectivity index (χ2v) is 7.22. The van der Waals surface area contributed by atoms with E-state index in [1.807, 2.05) is 10.6 Å². The molecular formula is C21H18BrN3O7. The summed E-state index contributed by atoms with van der Waals surface area (Å²) in [6.45, 7) is -0.319. The molecule has 10 nitrogen and oxygen atoms in total. The fourth-order valence-electron chi connectivity index (χ4n) is 2.81. The third-order valence-electron chi connectivity index (χ3n) is 4.23.